The van der Waals surface area contributed by atoms with Crippen LogP contribution in [-0.4, -0.2) is 4.89 Å². The zero-order valence-corrected chi connectivity index (χ0v) is 17.6. The van der Waals surface area contributed by atoms with E-state index in [9.17, 15) is 4.89 Å². The predicted octanol–water partition coefficient (Wildman–Crippen LogP) is 5.38. The maximum absolute atomic E-state index is 9.56. The van der Waals surface area contributed by atoms with Gasteiger partial charge in [-0.1, -0.05) is 75.9 Å². The van der Waals surface area contributed by atoms with Gasteiger partial charge in [-0.05, 0) is 36.3 Å². The standard InChI is InChI=1S/C15H25O2PS2.Mo.O/c1-2-3-4-5-6-7-8-11-14-12-9-10-13-15(14)17-18(16,19)20;;/h9-10,12-13H,2-8,11H2,1H3,(H2,16,19,20);;. The molecule has 1 unspecified atom stereocenters. The predicted molar refractivity (Wildman–Crippen MR) is 94.9 cm³/mol. The summed E-state index contributed by atoms with van der Waals surface area (Å²) in [5, 5.41) is 0. The molecular formula is C15H25MoO3PS2. The first-order valence-electron chi connectivity index (χ1n) is 7.52. The number of aryl methyl sites for hydroxylation is 1. The van der Waals surface area contributed by atoms with E-state index in [1.807, 2.05) is 24.3 Å². The molecule has 1 rings (SSSR count). The van der Waals surface area contributed by atoms with Crippen LogP contribution < -0.4 is 4.52 Å². The third-order valence-electron chi connectivity index (χ3n) is 3.24. The van der Waals surface area contributed by atoms with Crippen LogP contribution in [-0.2, 0) is 41.4 Å². The SMILES string of the molecule is CCCCCCCCCc1ccccc1OP(O)(=S)S.[O]=[Mo]. The van der Waals surface area contributed by atoms with E-state index in [-0.39, 0.29) is 0 Å². The number of unbranched alkanes of at least 4 members (excludes halogenated alkanes) is 6. The Morgan fingerprint density at radius 3 is 2.27 bits per heavy atom. The van der Waals surface area contributed by atoms with Crippen LogP contribution in [0, 0.1) is 0 Å². The van der Waals surface area contributed by atoms with E-state index in [4.69, 9.17) is 19.7 Å². The molecule has 0 spiro atoms. The molecule has 0 amide bonds. The third-order valence-corrected chi connectivity index (χ3v) is 4.14. The molecule has 0 radical (unpaired) electrons. The summed E-state index contributed by atoms with van der Waals surface area (Å²) in [6.07, 6.45) is 9.98. The Labute approximate surface area is 155 Å². The van der Waals surface area contributed by atoms with Crippen molar-refractivity contribution < 1.29 is 32.6 Å². The minimum atomic E-state index is -2.94. The summed E-state index contributed by atoms with van der Waals surface area (Å²) in [4.78, 5) is 9.56. The van der Waals surface area contributed by atoms with Crippen LogP contribution in [0.1, 0.15) is 57.4 Å². The molecule has 7 heteroatoms. The first-order valence-corrected chi connectivity index (χ1v) is 12.2. The van der Waals surface area contributed by atoms with Gasteiger partial charge in [0.2, 0.25) is 0 Å². The van der Waals surface area contributed by atoms with Crippen LogP contribution in [0.5, 0.6) is 5.75 Å². The van der Waals surface area contributed by atoms with Gasteiger partial charge in [-0.2, -0.15) is 0 Å². The molecular weight excluding hydrogens is 419 g/mol. The zero-order valence-electron chi connectivity index (χ0n) is 12.9. The van der Waals surface area contributed by atoms with Gasteiger partial charge in [-0.25, -0.2) is 0 Å². The molecule has 0 aliphatic carbocycles. The topological polar surface area (TPSA) is 46.5 Å². The molecule has 0 bridgehead atoms. The Bertz CT molecular complexity index is 454. The summed E-state index contributed by atoms with van der Waals surface area (Å²) in [7, 11) is 0. The van der Waals surface area contributed by atoms with Crippen molar-refractivity contribution in [2.45, 2.75) is 58.3 Å². The minimum absolute atomic E-state index is 0.680. The second-order valence-electron chi connectivity index (χ2n) is 5.06. The summed E-state index contributed by atoms with van der Waals surface area (Å²) in [5.74, 6) is 0.680. The molecule has 0 fully saturated rings. The Balaban J connectivity index is 0.00000211. The molecule has 0 saturated heterocycles. The van der Waals surface area contributed by atoms with E-state index < -0.39 is 5.69 Å². The summed E-state index contributed by atoms with van der Waals surface area (Å²) < 4.78 is 13.6. The van der Waals surface area contributed by atoms with Crippen molar-refractivity contribution in [2.75, 3.05) is 0 Å². The molecule has 1 atom stereocenters. The molecule has 1 aromatic rings. The molecule has 1 aromatic carbocycles. The van der Waals surface area contributed by atoms with Crippen molar-refractivity contribution in [2.24, 2.45) is 0 Å². The van der Waals surface area contributed by atoms with Gasteiger partial charge in [0.15, 0.2) is 0 Å². The van der Waals surface area contributed by atoms with Crippen molar-refractivity contribution in [3.63, 3.8) is 0 Å². The third kappa shape index (κ3) is 12.0. The van der Waals surface area contributed by atoms with Crippen LogP contribution in [0.25, 0.3) is 0 Å². The molecule has 0 aliphatic rings. The number of hydrogen-bond acceptors (Lipinski definition) is 3. The summed E-state index contributed by atoms with van der Waals surface area (Å²) >= 11 is 9.46. The molecule has 126 valence electrons. The molecule has 1 N–H and O–H groups in total. The first kappa shape index (κ1) is 22.5. The fourth-order valence-electron chi connectivity index (χ4n) is 2.20. The Kier molecular flexibility index (Phi) is 14.2. The number of thiol groups is 1. The average Bonchev–Trinajstić information content (AvgIpc) is 2.48. The Hall–Kier alpha value is 0.468. The number of rotatable bonds is 10. The van der Waals surface area contributed by atoms with E-state index in [1.54, 1.807) is 0 Å². The van der Waals surface area contributed by atoms with Crippen molar-refractivity contribution in [3.8, 4) is 5.75 Å². The molecule has 22 heavy (non-hydrogen) atoms. The van der Waals surface area contributed by atoms with Gasteiger partial charge in [-0.3, -0.25) is 0 Å². The van der Waals surface area contributed by atoms with Crippen LogP contribution in [0.4, 0.5) is 0 Å². The van der Waals surface area contributed by atoms with Gasteiger partial charge in [0.05, 0.1) is 0 Å². The monoisotopic (exact) mass is 446 g/mol. The van der Waals surface area contributed by atoms with Crippen LogP contribution in [0.15, 0.2) is 24.3 Å². The van der Waals surface area contributed by atoms with Gasteiger partial charge in [0.25, 0.3) is 5.69 Å². The molecule has 3 nitrogen and oxygen atoms in total. The number of benzene rings is 1. The molecule has 0 aromatic heterocycles. The Morgan fingerprint density at radius 2 is 1.68 bits per heavy atom. The summed E-state index contributed by atoms with van der Waals surface area (Å²) in [6.45, 7) is 2.24. The summed E-state index contributed by atoms with van der Waals surface area (Å²) in [5.41, 5.74) is -1.83. The Morgan fingerprint density at radius 1 is 1.14 bits per heavy atom. The van der Waals surface area contributed by atoms with E-state index in [0.29, 0.717) is 25.5 Å². The first-order chi connectivity index (χ1) is 10.5. The van der Waals surface area contributed by atoms with E-state index in [0.717, 1.165) is 18.4 Å². The fourth-order valence-corrected chi connectivity index (χ4v) is 3.14. The second kappa shape index (κ2) is 13.9. The van der Waals surface area contributed by atoms with E-state index in [1.165, 1.54) is 38.5 Å². The van der Waals surface area contributed by atoms with Gasteiger partial charge < -0.3 is 9.42 Å². The summed E-state index contributed by atoms with van der Waals surface area (Å²) in [6, 6.07) is 7.76. The fraction of sp³-hybridized carbons (Fsp3) is 0.600. The van der Waals surface area contributed by atoms with Gasteiger partial charge >= 0.3 is 23.2 Å². The number of hydrogen-bond donors (Lipinski definition) is 2. The normalized spacial score (nSPS) is 12.9. The second-order valence-corrected chi connectivity index (χ2v) is 10.1. The average molecular weight is 444 g/mol. The van der Waals surface area contributed by atoms with Crippen molar-refractivity contribution in [3.05, 3.63) is 29.8 Å². The maximum atomic E-state index is 9.56. The van der Waals surface area contributed by atoms with Gasteiger partial charge in [-0.15, -0.1) is 0 Å². The quantitative estimate of drug-likeness (QED) is 0.220. The van der Waals surface area contributed by atoms with Crippen molar-refractivity contribution in [1.29, 1.82) is 0 Å². The van der Waals surface area contributed by atoms with Crippen molar-refractivity contribution >= 4 is 29.7 Å². The van der Waals surface area contributed by atoms with Crippen LogP contribution >= 0.6 is 17.9 Å². The van der Waals surface area contributed by atoms with Crippen LogP contribution in [0.3, 0.4) is 0 Å². The van der Waals surface area contributed by atoms with Gasteiger partial charge in [0, 0.05) is 0 Å². The van der Waals surface area contributed by atoms with E-state index >= 15 is 0 Å². The molecule has 0 aliphatic heterocycles. The number of para-hydroxylation sites is 1. The van der Waals surface area contributed by atoms with Gasteiger partial charge in [0.1, 0.15) is 5.75 Å². The molecule has 0 saturated carbocycles. The molecule has 0 heterocycles. The van der Waals surface area contributed by atoms with E-state index in [2.05, 4.69) is 19.2 Å². The van der Waals surface area contributed by atoms with Crippen molar-refractivity contribution in [1.82, 2.24) is 0 Å². The van der Waals surface area contributed by atoms with Crippen LogP contribution in [0.2, 0.25) is 0 Å². The zero-order chi connectivity index (χ0) is 16.8.